The van der Waals surface area contributed by atoms with Gasteiger partial charge in [0.2, 0.25) is 0 Å². The number of methoxy groups -OCH3 is 3. The number of nitrogens with two attached hydrogens (primary N) is 1. The van der Waals surface area contributed by atoms with Crippen LogP contribution in [-0.2, 0) is 4.74 Å². The minimum absolute atomic E-state index is 0.440. The fourth-order valence-corrected chi connectivity index (χ4v) is 1.43. The quantitative estimate of drug-likeness (QED) is 0.769. The van der Waals surface area contributed by atoms with E-state index >= 15 is 0 Å². The molecule has 84 valence electrons. The molecule has 2 N–H and O–H groups in total. The number of hydrogen-bond donors (Lipinski definition) is 1. The van der Waals surface area contributed by atoms with Gasteiger partial charge in [-0.1, -0.05) is 0 Å². The standard InChI is InChI=1S/C11H17NO3/c1-7-5-9(13-2)10(14-3)6-8(7)11(12)15-4/h5-6,11H,12H2,1-4H3. The smallest absolute Gasteiger partial charge is 0.161 e. The summed E-state index contributed by atoms with van der Waals surface area (Å²) in [6, 6.07) is 3.72. The number of ether oxygens (including phenoxy) is 3. The highest BCUT2D eigenvalue weighted by atomic mass is 16.5. The summed E-state index contributed by atoms with van der Waals surface area (Å²) in [4.78, 5) is 0. The first-order valence-electron chi connectivity index (χ1n) is 4.65. The topological polar surface area (TPSA) is 53.7 Å². The van der Waals surface area contributed by atoms with Gasteiger partial charge in [-0.05, 0) is 24.6 Å². The third-order valence-electron chi connectivity index (χ3n) is 2.33. The van der Waals surface area contributed by atoms with Crippen molar-refractivity contribution < 1.29 is 14.2 Å². The highest BCUT2D eigenvalue weighted by Gasteiger charge is 2.13. The van der Waals surface area contributed by atoms with Gasteiger partial charge >= 0.3 is 0 Å². The predicted molar refractivity (Wildman–Crippen MR) is 58.2 cm³/mol. The lowest BCUT2D eigenvalue weighted by atomic mass is 10.1. The van der Waals surface area contributed by atoms with E-state index in [2.05, 4.69) is 0 Å². The maximum Gasteiger partial charge on any atom is 0.161 e. The van der Waals surface area contributed by atoms with Crippen molar-refractivity contribution in [3.8, 4) is 11.5 Å². The summed E-state index contributed by atoms with van der Waals surface area (Å²) >= 11 is 0. The molecule has 0 spiro atoms. The van der Waals surface area contributed by atoms with Gasteiger partial charge < -0.3 is 19.9 Å². The monoisotopic (exact) mass is 211 g/mol. The Hall–Kier alpha value is -1.26. The van der Waals surface area contributed by atoms with E-state index in [-0.39, 0.29) is 0 Å². The molecule has 15 heavy (non-hydrogen) atoms. The van der Waals surface area contributed by atoms with E-state index in [0.717, 1.165) is 11.1 Å². The van der Waals surface area contributed by atoms with E-state index in [9.17, 15) is 0 Å². The molecule has 1 aromatic carbocycles. The summed E-state index contributed by atoms with van der Waals surface area (Å²) in [6.07, 6.45) is -0.440. The average Bonchev–Trinajstić information content (AvgIpc) is 2.27. The molecule has 0 amide bonds. The molecule has 4 heteroatoms. The van der Waals surface area contributed by atoms with Crippen molar-refractivity contribution in [2.24, 2.45) is 5.73 Å². The Kier molecular flexibility index (Phi) is 3.94. The first-order chi connectivity index (χ1) is 7.13. The molecule has 4 nitrogen and oxygen atoms in total. The van der Waals surface area contributed by atoms with E-state index < -0.39 is 6.23 Å². The molecular weight excluding hydrogens is 194 g/mol. The lowest BCUT2D eigenvalue weighted by Crippen LogP contribution is -2.13. The SMILES string of the molecule is COc1cc(C)c(C(N)OC)cc1OC. The van der Waals surface area contributed by atoms with Gasteiger partial charge in [0, 0.05) is 12.7 Å². The van der Waals surface area contributed by atoms with Crippen molar-refractivity contribution in [1.82, 2.24) is 0 Å². The minimum atomic E-state index is -0.440. The van der Waals surface area contributed by atoms with Gasteiger partial charge in [-0.15, -0.1) is 0 Å². The second kappa shape index (κ2) is 5.00. The maximum absolute atomic E-state index is 5.79. The van der Waals surface area contributed by atoms with E-state index in [1.54, 1.807) is 21.3 Å². The van der Waals surface area contributed by atoms with Crippen LogP contribution < -0.4 is 15.2 Å². The Morgan fingerprint density at radius 1 is 1.07 bits per heavy atom. The minimum Gasteiger partial charge on any atom is -0.493 e. The third kappa shape index (κ3) is 2.40. The first kappa shape index (κ1) is 11.8. The molecule has 0 bridgehead atoms. The molecule has 1 atom stereocenters. The lowest BCUT2D eigenvalue weighted by molar-refractivity contribution is 0.108. The Balaban J connectivity index is 3.19. The van der Waals surface area contributed by atoms with Crippen LogP contribution in [0.4, 0.5) is 0 Å². The van der Waals surface area contributed by atoms with Crippen molar-refractivity contribution in [1.29, 1.82) is 0 Å². The van der Waals surface area contributed by atoms with Gasteiger partial charge in [0.15, 0.2) is 11.5 Å². The Morgan fingerprint density at radius 2 is 1.60 bits per heavy atom. The number of rotatable bonds is 4. The van der Waals surface area contributed by atoms with Gasteiger partial charge in [0.25, 0.3) is 0 Å². The summed E-state index contributed by atoms with van der Waals surface area (Å²) in [5, 5.41) is 0. The van der Waals surface area contributed by atoms with Gasteiger partial charge in [0.1, 0.15) is 6.23 Å². The molecular formula is C11H17NO3. The van der Waals surface area contributed by atoms with Crippen LogP contribution in [0.3, 0.4) is 0 Å². The molecule has 0 aliphatic carbocycles. The van der Waals surface area contributed by atoms with Crippen LogP contribution in [0.2, 0.25) is 0 Å². The van der Waals surface area contributed by atoms with Crippen molar-refractivity contribution >= 4 is 0 Å². The Morgan fingerprint density at radius 3 is 2.07 bits per heavy atom. The van der Waals surface area contributed by atoms with Crippen LogP contribution in [0.15, 0.2) is 12.1 Å². The summed E-state index contributed by atoms with van der Waals surface area (Å²) in [5.41, 5.74) is 7.71. The van der Waals surface area contributed by atoms with Crippen molar-refractivity contribution in [3.63, 3.8) is 0 Å². The van der Waals surface area contributed by atoms with Crippen LogP contribution >= 0.6 is 0 Å². The van der Waals surface area contributed by atoms with Gasteiger partial charge in [-0.25, -0.2) is 0 Å². The lowest BCUT2D eigenvalue weighted by Gasteiger charge is -2.16. The van der Waals surface area contributed by atoms with Crippen molar-refractivity contribution in [3.05, 3.63) is 23.3 Å². The molecule has 0 saturated carbocycles. The maximum atomic E-state index is 5.79. The summed E-state index contributed by atoms with van der Waals surface area (Å²) < 4.78 is 15.4. The van der Waals surface area contributed by atoms with Crippen LogP contribution in [0.5, 0.6) is 11.5 Å². The Bertz CT molecular complexity index is 339. The fourth-order valence-electron chi connectivity index (χ4n) is 1.43. The molecule has 1 aromatic rings. The van der Waals surface area contributed by atoms with Crippen LogP contribution in [0, 0.1) is 6.92 Å². The zero-order chi connectivity index (χ0) is 11.4. The zero-order valence-corrected chi connectivity index (χ0v) is 9.53. The fraction of sp³-hybridized carbons (Fsp3) is 0.455. The summed E-state index contributed by atoms with van der Waals surface area (Å²) in [7, 11) is 4.77. The number of benzene rings is 1. The molecule has 1 unspecified atom stereocenters. The number of aryl methyl sites for hydroxylation is 1. The second-order valence-corrected chi connectivity index (χ2v) is 3.22. The van der Waals surface area contributed by atoms with E-state index in [0.29, 0.717) is 11.5 Å². The first-order valence-corrected chi connectivity index (χ1v) is 4.65. The largest absolute Gasteiger partial charge is 0.493 e. The highest BCUT2D eigenvalue weighted by molar-refractivity contribution is 5.47. The predicted octanol–water partition coefficient (Wildman–Crippen LogP) is 1.62. The molecule has 0 aliphatic heterocycles. The van der Waals surface area contributed by atoms with E-state index in [1.165, 1.54) is 0 Å². The Labute approximate surface area is 89.9 Å². The second-order valence-electron chi connectivity index (χ2n) is 3.22. The zero-order valence-electron chi connectivity index (χ0n) is 9.53. The normalized spacial score (nSPS) is 12.3. The van der Waals surface area contributed by atoms with Crippen LogP contribution in [0.1, 0.15) is 17.4 Å². The molecule has 0 radical (unpaired) electrons. The van der Waals surface area contributed by atoms with Crippen LogP contribution in [-0.4, -0.2) is 21.3 Å². The highest BCUT2D eigenvalue weighted by Crippen LogP contribution is 2.32. The summed E-state index contributed by atoms with van der Waals surface area (Å²) in [6.45, 7) is 1.95. The van der Waals surface area contributed by atoms with Gasteiger partial charge in [-0.2, -0.15) is 0 Å². The third-order valence-corrected chi connectivity index (χ3v) is 2.33. The molecule has 0 heterocycles. The van der Waals surface area contributed by atoms with Crippen molar-refractivity contribution in [2.45, 2.75) is 13.2 Å². The molecule has 0 fully saturated rings. The van der Waals surface area contributed by atoms with Crippen molar-refractivity contribution in [2.75, 3.05) is 21.3 Å². The summed E-state index contributed by atoms with van der Waals surface area (Å²) in [5.74, 6) is 1.35. The van der Waals surface area contributed by atoms with Crippen LogP contribution in [0.25, 0.3) is 0 Å². The molecule has 0 aromatic heterocycles. The molecule has 0 saturated heterocycles. The van der Waals surface area contributed by atoms with Gasteiger partial charge in [-0.3, -0.25) is 0 Å². The van der Waals surface area contributed by atoms with E-state index in [1.807, 2.05) is 19.1 Å². The molecule has 0 aliphatic rings. The molecule has 1 rings (SSSR count). The van der Waals surface area contributed by atoms with Gasteiger partial charge in [0.05, 0.1) is 14.2 Å². The van der Waals surface area contributed by atoms with E-state index in [4.69, 9.17) is 19.9 Å². The number of hydrogen-bond acceptors (Lipinski definition) is 4. The average molecular weight is 211 g/mol.